The van der Waals surface area contributed by atoms with Gasteiger partial charge in [0.25, 0.3) is 7.82 Å². The monoisotopic (exact) mass is 1180 g/mol. The number of amides is 1. The van der Waals surface area contributed by atoms with E-state index in [4.69, 9.17) is 9.05 Å². The van der Waals surface area contributed by atoms with Crippen LogP contribution in [0.3, 0.4) is 0 Å². The van der Waals surface area contributed by atoms with Gasteiger partial charge in [0.2, 0.25) is 5.91 Å². The molecule has 490 valence electrons. The molecule has 0 rings (SSSR count). The Kier molecular flexibility index (Phi) is 64.1. The molecule has 3 unspecified atom stereocenters. The number of nitrogens with one attached hydrogen (secondary N) is 1. The van der Waals surface area contributed by atoms with Gasteiger partial charge in [0.15, 0.2) is 0 Å². The van der Waals surface area contributed by atoms with Crippen molar-refractivity contribution in [3.05, 3.63) is 12.2 Å². The van der Waals surface area contributed by atoms with E-state index in [0.29, 0.717) is 17.4 Å². The number of carbonyl (C=O) groups is 1. The first-order chi connectivity index (χ1) is 40.0. The quantitative estimate of drug-likeness (QED) is 0.0272. The summed E-state index contributed by atoms with van der Waals surface area (Å²) in [6.07, 6.45) is 83.6. The number of nitrogens with zero attached hydrogens (tertiary/aromatic N) is 1. The smallest absolute Gasteiger partial charge is 0.268 e. The number of hydrogen-bond donors (Lipinski definition) is 2. The molecule has 0 radical (unpaired) electrons. The standard InChI is InChI=1S/C73H147N2O6P/c1-6-8-10-12-14-16-18-20-22-24-26-28-30-32-34-36-37-38-39-41-43-45-47-49-51-53-55-57-59-61-63-65-67-73(77)74-71(70-81-82(78,79)80-69-68-75(3,4)5)72(76)66-64-62-60-58-56-54-52-50-48-46-44-42-40-35-33-31-29-27-25-23-21-19-17-15-13-11-9-7-2/h64,66,71-72,76H,6-63,65,67-70H2,1-5H3,(H-,74,77,78,79)/b66-64+. The molecular formula is C73H147N2O6P. The Bertz CT molecular complexity index is 1340. The zero-order chi connectivity index (χ0) is 59.8. The van der Waals surface area contributed by atoms with Crippen molar-refractivity contribution in [1.29, 1.82) is 0 Å². The number of aliphatic hydroxyl groups is 1. The number of rotatable bonds is 70. The van der Waals surface area contributed by atoms with Crippen molar-refractivity contribution in [3.8, 4) is 0 Å². The molecule has 0 aromatic heterocycles. The highest BCUT2D eigenvalue weighted by molar-refractivity contribution is 7.45. The van der Waals surface area contributed by atoms with E-state index in [1.807, 2.05) is 27.2 Å². The summed E-state index contributed by atoms with van der Waals surface area (Å²) < 4.78 is 23.5. The predicted octanol–water partition coefficient (Wildman–Crippen LogP) is 23.0. The molecule has 3 atom stereocenters. The molecule has 2 N–H and O–H groups in total. The molecule has 0 aliphatic rings. The molecular weight excluding hydrogens is 1030 g/mol. The molecule has 0 aliphatic carbocycles. The molecule has 0 aliphatic heterocycles. The van der Waals surface area contributed by atoms with E-state index in [2.05, 4.69) is 19.2 Å². The fourth-order valence-electron chi connectivity index (χ4n) is 11.7. The number of quaternary nitrogens is 1. The van der Waals surface area contributed by atoms with Crippen molar-refractivity contribution in [2.75, 3.05) is 40.9 Å². The summed E-state index contributed by atoms with van der Waals surface area (Å²) in [6.45, 7) is 4.73. The zero-order valence-electron chi connectivity index (χ0n) is 56.2. The third-order valence-electron chi connectivity index (χ3n) is 17.5. The minimum Gasteiger partial charge on any atom is -0.756 e. The SMILES string of the molecule is CCCCCCCCCCCCCCCCCCCCCCCCCCCC/C=C/C(O)C(COP(=O)([O-])OCC[N+](C)(C)C)NC(=O)CCCCCCCCCCCCCCCCCCCCCCCCCCCCCCCCCC. The summed E-state index contributed by atoms with van der Waals surface area (Å²) in [6, 6.07) is -0.884. The maximum Gasteiger partial charge on any atom is 0.268 e. The highest BCUT2D eigenvalue weighted by Gasteiger charge is 2.23. The van der Waals surface area contributed by atoms with E-state index < -0.39 is 20.0 Å². The van der Waals surface area contributed by atoms with Gasteiger partial charge in [-0.3, -0.25) is 9.36 Å². The number of carbonyl (C=O) groups excluding carboxylic acids is 1. The van der Waals surface area contributed by atoms with Gasteiger partial charge in [0.05, 0.1) is 39.9 Å². The Morgan fingerprint density at radius 1 is 0.415 bits per heavy atom. The van der Waals surface area contributed by atoms with Crippen LogP contribution in [0.4, 0.5) is 0 Å². The van der Waals surface area contributed by atoms with E-state index in [9.17, 15) is 19.4 Å². The lowest BCUT2D eigenvalue weighted by molar-refractivity contribution is -0.870. The third kappa shape index (κ3) is 66.8. The van der Waals surface area contributed by atoms with Gasteiger partial charge in [0, 0.05) is 6.42 Å². The number of unbranched alkanes of at least 4 members (excludes halogenated alkanes) is 57. The molecule has 82 heavy (non-hydrogen) atoms. The average Bonchev–Trinajstić information content (AvgIpc) is 3.45. The average molecular weight is 1180 g/mol. The van der Waals surface area contributed by atoms with Crippen molar-refractivity contribution in [3.63, 3.8) is 0 Å². The topological polar surface area (TPSA) is 108 Å². The van der Waals surface area contributed by atoms with E-state index in [0.717, 1.165) is 38.5 Å². The molecule has 9 heteroatoms. The summed E-state index contributed by atoms with van der Waals surface area (Å²) in [5.74, 6) is -0.186. The molecule has 0 bridgehead atoms. The van der Waals surface area contributed by atoms with Gasteiger partial charge >= 0.3 is 0 Å². The van der Waals surface area contributed by atoms with Gasteiger partial charge in [-0.15, -0.1) is 0 Å². The lowest BCUT2D eigenvalue weighted by Crippen LogP contribution is -2.45. The van der Waals surface area contributed by atoms with Gasteiger partial charge in [-0.1, -0.05) is 386 Å². The molecule has 0 aromatic carbocycles. The van der Waals surface area contributed by atoms with Crippen LogP contribution in [0.15, 0.2) is 12.2 Å². The maximum absolute atomic E-state index is 13.1. The van der Waals surface area contributed by atoms with Gasteiger partial charge in [0.1, 0.15) is 13.2 Å². The third-order valence-corrected chi connectivity index (χ3v) is 18.5. The lowest BCUT2D eigenvalue weighted by atomic mass is 10.0. The second-order valence-corrected chi connectivity index (χ2v) is 28.4. The van der Waals surface area contributed by atoms with Crippen LogP contribution in [0.25, 0.3) is 0 Å². The number of phosphoric ester groups is 1. The second kappa shape index (κ2) is 64.7. The van der Waals surface area contributed by atoms with Crippen molar-refractivity contribution < 1.29 is 32.9 Å². The number of aliphatic hydroxyl groups excluding tert-OH is 1. The fourth-order valence-corrected chi connectivity index (χ4v) is 12.5. The normalized spacial score (nSPS) is 13.6. The Hall–Kier alpha value is -0.760. The van der Waals surface area contributed by atoms with Gasteiger partial charge < -0.3 is 28.8 Å². The van der Waals surface area contributed by atoms with Crippen LogP contribution in [-0.4, -0.2) is 68.5 Å². The lowest BCUT2D eigenvalue weighted by Gasteiger charge is -2.29. The molecule has 1 amide bonds. The van der Waals surface area contributed by atoms with Gasteiger partial charge in [-0.25, -0.2) is 0 Å². The first-order valence-electron chi connectivity index (χ1n) is 37.1. The molecule has 0 saturated heterocycles. The molecule has 0 spiro atoms. The van der Waals surface area contributed by atoms with Crippen LogP contribution < -0.4 is 10.2 Å². The summed E-state index contributed by atoms with van der Waals surface area (Å²) >= 11 is 0. The molecule has 0 heterocycles. The Balaban J connectivity index is 3.98. The highest BCUT2D eigenvalue weighted by atomic mass is 31.2. The predicted molar refractivity (Wildman–Crippen MR) is 358 cm³/mol. The number of phosphoric acid groups is 1. The highest BCUT2D eigenvalue weighted by Crippen LogP contribution is 2.38. The Morgan fingerprint density at radius 3 is 0.915 bits per heavy atom. The molecule has 8 nitrogen and oxygen atoms in total. The van der Waals surface area contributed by atoms with Crippen LogP contribution in [0.1, 0.15) is 399 Å². The summed E-state index contributed by atoms with van der Waals surface area (Å²) in [5, 5.41) is 14.0. The maximum atomic E-state index is 13.1. The fraction of sp³-hybridized carbons (Fsp3) is 0.959. The molecule has 0 saturated carbocycles. The second-order valence-electron chi connectivity index (χ2n) is 27.0. The summed E-state index contributed by atoms with van der Waals surface area (Å²) in [7, 11) is 1.29. The van der Waals surface area contributed by atoms with Crippen molar-refractivity contribution >= 4 is 13.7 Å². The van der Waals surface area contributed by atoms with Crippen LogP contribution in [-0.2, 0) is 18.4 Å². The van der Waals surface area contributed by atoms with Gasteiger partial charge in [-0.05, 0) is 19.3 Å². The van der Waals surface area contributed by atoms with E-state index in [1.54, 1.807) is 6.08 Å². The first kappa shape index (κ1) is 81.2. The largest absolute Gasteiger partial charge is 0.756 e. The molecule has 0 fully saturated rings. The zero-order valence-corrected chi connectivity index (χ0v) is 57.1. The minimum atomic E-state index is -4.60. The van der Waals surface area contributed by atoms with E-state index in [-0.39, 0.29) is 19.1 Å². The number of hydrogen-bond acceptors (Lipinski definition) is 6. The van der Waals surface area contributed by atoms with Crippen molar-refractivity contribution in [2.45, 2.75) is 411 Å². The Labute approximate surface area is 513 Å². The summed E-state index contributed by atoms with van der Waals surface area (Å²) in [4.78, 5) is 25.7. The number of likely N-dealkylation sites (N-methyl/N-ethyl adjacent to an activating group) is 1. The van der Waals surface area contributed by atoms with E-state index >= 15 is 0 Å². The first-order valence-corrected chi connectivity index (χ1v) is 38.5. The van der Waals surface area contributed by atoms with Crippen LogP contribution in [0.5, 0.6) is 0 Å². The Morgan fingerprint density at radius 2 is 0.659 bits per heavy atom. The van der Waals surface area contributed by atoms with Crippen molar-refractivity contribution in [2.24, 2.45) is 0 Å². The van der Waals surface area contributed by atoms with E-state index in [1.165, 1.54) is 340 Å². The van der Waals surface area contributed by atoms with Crippen LogP contribution >= 0.6 is 7.82 Å². The van der Waals surface area contributed by atoms with Crippen molar-refractivity contribution in [1.82, 2.24) is 5.32 Å². The summed E-state index contributed by atoms with van der Waals surface area (Å²) in [5.41, 5.74) is 0. The number of allylic oxidation sites excluding steroid dienone is 1. The van der Waals surface area contributed by atoms with Gasteiger partial charge in [-0.2, -0.15) is 0 Å². The van der Waals surface area contributed by atoms with Crippen LogP contribution in [0, 0.1) is 0 Å². The minimum absolute atomic E-state index is 0.00308. The molecule has 0 aromatic rings. The van der Waals surface area contributed by atoms with Crippen LogP contribution in [0.2, 0.25) is 0 Å².